The van der Waals surface area contributed by atoms with Gasteiger partial charge in [0.1, 0.15) is 5.82 Å². The van der Waals surface area contributed by atoms with Gasteiger partial charge in [-0.15, -0.1) is 0 Å². The van der Waals surface area contributed by atoms with Gasteiger partial charge in [0, 0.05) is 17.5 Å². The third-order valence-corrected chi connectivity index (χ3v) is 2.87. The summed E-state index contributed by atoms with van der Waals surface area (Å²) in [5.74, 6) is 4.82. The molecule has 0 fully saturated rings. The van der Waals surface area contributed by atoms with E-state index < -0.39 is 11.7 Å². The molecule has 110 valence electrons. The monoisotopic (exact) mass is 289 g/mol. The van der Waals surface area contributed by atoms with Gasteiger partial charge in [0.2, 0.25) is 0 Å². The van der Waals surface area contributed by atoms with Gasteiger partial charge in [0.15, 0.2) is 5.82 Å². The number of anilines is 2. The third-order valence-electron chi connectivity index (χ3n) is 2.87. The summed E-state index contributed by atoms with van der Waals surface area (Å²) in [5, 5.41) is 2.49. The Labute approximate surface area is 121 Å². The summed E-state index contributed by atoms with van der Waals surface area (Å²) < 4.78 is 13.5. The number of hydrazine groups is 1. The highest BCUT2D eigenvalue weighted by Gasteiger charge is 2.13. The second-order valence-corrected chi connectivity index (χ2v) is 4.77. The minimum Gasteiger partial charge on any atom is -0.319 e. The largest absolute Gasteiger partial charge is 0.319 e. The molecule has 2 aromatic rings. The van der Waals surface area contributed by atoms with Gasteiger partial charge in [-0.05, 0) is 24.1 Å². The Hall–Kier alpha value is -2.54. The first-order chi connectivity index (χ1) is 10.0. The van der Waals surface area contributed by atoms with E-state index in [2.05, 4.69) is 20.7 Å². The number of nitrogen functional groups attached to an aromatic ring is 1. The molecule has 0 atom stereocenters. The molecule has 21 heavy (non-hydrogen) atoms. The lowest BCUT2D eigenvalue weighted by Crippen LogP contribution is -2.16. The SMILES string of the molecule is CC(C)c1cc(C(=O)Nc2ccncc2F)cc(NN)n1. The van der Waals surface area contributed by atoms with Crippen molar-refractivity contribution in [2.75, 3.05) is 10.7 Å². The van der Waals surface area contributed by atoms with Crippen LogP contribution in [0.15, 0.2) is 30.6 Å². The van der Waals surface area contributed by atoms with Gasteiger partial charge in [-0.2, -0.15) is 0 Å². The van der Waals surface area contributed by atoms with Crippen molar-refractivity contribution >= 4 is 17.4 Å². The summed E-state index contributed by atoms with van der Waals surface area (Å²) in [7, 11) is 0. The molecule has 0 bridgehead atoms. The van der Waals surface area contributed by atoms with Crippen LogP contribution in [0.1, 0.15) is 35.8 Å². The Bertz CT molecular complexity index is 660. The van der Waals surface area contributed by atoms with E-state index in [0.717, 1.165) is 6.20 Å². The lowest BCUT2D eigenvalue weighted by Gasteiger charge is -2.11. The smallest absolute Gasteiger partial charge is 0.255 e. The summed E-state index contributed by atoms with van der Waals surface area (Å²) in [6, 6.07) is 4.54. The van der Waals surface area contributed by atoms with Crippen LogP contribution in [0.5, 0.6) is 0 Å². The molecule has 0 radical (unpaired) electrons. The van der Waals surface area contributed by atoms with E-state index in [1.165, 1.54) is 18.3 Å². The van der Waals surface area contributed by atoms with Gasteiger partial charge in [0.25, 0.3) is 5.91 Å². The third kappa shape index (κ3) is 3.51. The highest BCUT2D eigenvalue weighted by molar-refractivity contribution is 6.04. The van der Waals surface area contributed by atoms with Crippen LogP contribution in [-0.4, -0.2) is 15.9 Å². The van der Waals surface area contributed by atoms with Gasteiger partial charge in [0.05, 0.1) is 11.9 Å². The van der Waals surface area contributed by atoms with Crippen molar-refractivity contribution in [3.63, 3.8) is 0 Å². The van der Waals surface area contributed by atoms with Crippen LogP contribution in [0.3, 0.4) is 0 Å². The van der Waals surface area contributed by atoms with E-state index in [1.54, 1.807) is 6.07 Å². The topological polar surface area (TPSA) is 92.9 Å². The van der Waals surface area contributed by atoms with E-state index in [4.69, 9.17) is 5.84 Å². The zero-order valence-corrected chi connectivity index (χ0v) is 11.7. The number of hydrogen-bond donors (Lipinski definition) is 3. The predicted octanol–water partition coefficient (Wildman–Crippen LogP) is 2.28. The van der Waals surface area contributed by atoms with Crippen molar-refractivity contribution in [3.05, 3.63) is 47.7 Å². The van der Waals surface area contributed by atoms with Crippen molar-refractivity contribution < 1.29 is 9.18 Å². The maximum atomic E-state index is 13.5. The molecule has 0 saturated carbocycles. The normalized spacial score (nSPS) is 10.5. The molecule has 0 aliphatic rings. The maximum Gasteiger partial charge on any atom is 0.255 e. The van der Waals surface area contributed by atoms with E-state index in [-0.39, 0.29) is 11.6 Å². The second-order valence-electron chi connectivity index (χ2n) is 4.77. The minimum absolute atomic E-state index is 0.0696. The first-order valence-electron chi connectivity index (χ1n) is 6.40. The van der Waals surface area contributed by atoms with Crippen LogP contribution in [0.25, 0.3) is 0 Å². The predicted molar refractivity (Wildman–Crippen MR) is 78.3 cm³/mol. The van der Waals surface area contributed by atoms with Gasteiger partial charge in [-0.1, -0.05) is 13.8 Å². The minimum atomic E-state index is -0.596. The highest BCUT2D eigenvalue weighted by Crippen LogP contribution is 2.19. The Morgan fingerprint density at radius 2 is 2.14 bits per heavy atom. The molecular formula is C14H16FN5O. The van der Waals surface area contributed by atoms with Gasteiger partial charge in [-0.3, -0.25) is 9.78 Å². The summed E-state index contributed by atoms with van der Waals surface area (Å²) in [6.45, 7) is 3.90. The van der Waals surface area contributed by atoms with Crippen LogP contribution < -0.4 is 16.6 Å². The highest BCUT2D eigenvalue weighted by atomic mass is 19.1. The summed E-state index contributed by atoms with van der Waals surface area (Å²) in [6.07, 6.45) is 2.44. The number of aromatic nitrogens is 2. The molecular weight excluding hydrogens is 273 g/mol. The second kappa shape index (κ2) is 6.27. The summed E-state index contributed by atoms with van der Waals surface area (Å²) in [5.41, 5.74) is 3.55. The van der Waals surface area contributed by atoms with Gasteiger partial charge >= 0.3 is 0 Å². The molecule has 0 aliphatic heterocycles. The van der Waals surface area contributed by atoms with Gasteiger partial charge < -0.3 is 10.7 Å². The number of hydrogen-bond acceptors (Lipinski definition) is 5. The van der Waals surface area contributed by atoms with Crippen LogP contribution in [0.2, 0.25) is 0 Å². The molecule has 7 heteroatoms. The average Bonchev–Trinajstić information content (AvgIpc) is 2.49. The fourth-order valence-electron chi connectivity index (χ4n) is 1.72. The number of nitrogens with two attached hydrogens (primary N) is 1. The Kier molecular flexibility index (Phi) is 4.44. The number of nitrogens with one attached hydrogen (secondary N) is 2. The zero-order valence-electron chi connectivity index (χ0n) is 11.7. The molecule has 2 heterocycles. The molecule has 2 aromatic heterocycles. The van der Waals surface area contributed by atoms with E-state index in [9.17, 15) is 9.18 Å². The number of amides is 1. The average molecular weight is 289 g/mol. The van der Waals surface area contributed by atoms with Crippen molar-refractivity contribution in [1.29, 1.82) is 0 Å². The maximum absolute atomic E-state index is 13.5. The van der Waals surface area contributed by atoms with Crippen molar-refractivity contribution in [2.24, 2.45) is 5.84 Å². The van der Waals surface area contributed by atoms with Crippen LogP contribution in [-0.2, 0) is 0 Å². The fourth-order valence-corrected chi connectivity index (χ4v) is 1.72. The number of rotatable bonds is 4. The number of halogens is 1. The molecule has 6 nitrogen and oxygen atoms in total. The van der Waals surface area contributed by atoms with Crippen molar-refractivity contribution in [2.45, 2.75) is 19.8 Å². The number of pyridine rings is 2. The quantitative estimate of drug-likeness (QED) is 0.593. The molecule has 4 N–H and O–H groups in total. The molecule has 1 amide bonds. The first-order valence-corrected chi connectivity index (χ1v) is 6.40. The van der Waals surface area contributed by atoms with Crippen molar-refractivity contribution in [1.82, 2.24) is 9.97 Å². The number of carbonyl (C=O) groups excluding carboxylic acids is 1. The molecule has 0 aliphatic carbocycles. The van der Waals surface area contributed by atoms with E-state index >= 15 is 0 Å². The number of nitrogens with zero attached hydrogens (tertiary/aromatic N) is 2. The lowest BCUT2D eigenvalue weighted by molar-refractivity contribution is 0.102. The fraction of sp³-hybridized carbons (Fsp3) is 0.214. The lowest BCUT2D eigenvalue weighted by atomic mass is 10.1. The molecule has 2 rings (SSSR count). The van der Waals surface area contributed by atoms with Crippen LogP contribution in [0, 0.1) is 5.82 Å². The van der Waals surface area contributed by atoms with Crippen LogP contribution in [0.4, 0.5) is 15.9 Å². The standard InChI is InChI=1S/C14H16FN5O/c1-8(2)12-5-9(6-13(18-12)20-16)14(21)19-11-3-4-17-7-10(11)15/h3-8H,16H2,1-2H3,(H,18,20)(H,17,19,21). The van der Waals surface area contributed by atoms with Gasteiger partial charge in [-0.25, -0.2) is 15.2 Å². The Morgan fingerprint density at radius 3 is 2.76 bits per heavy atom. The molecule has 0 aromatic carbocycles. The van der Waals surface area contributed by atoms with Crippen LogP contribution >= 0.6 is 0 Å². The Balaban J connectivity index is 2.30. The van der Waals surface area contributed by atoms with Crippen molar-refractivity contribution in [3.8, 4) is 0 Å². The molecule has 0 spiro atoms. The number of carbonyl (C=O) groups is 1. The first kappa shape index (κ1) is 14.9. The Morgan fingerprint density at radius 1 is 1.38 bits per heavy atom. The summed E-state index contributed by atoms with van der Waals surface area (Å²) >= 11 is 0. The van der Waals surface area contributed by atoms with E-state index in [0.29, 0.717) is 17.1 Å². The molecule has 0 unspecified atom stereocenters. The zero-order chi connectivity index (χ0) is 15.4. The summed E-state index contributed by atoms with van der Waals surface area (Å²) in [4.78, 5) is 20.1. The molecule has 0 saturated heterocycles. The van der Waals surface area contributed by atoms with E-state index in [1.807, 2.05) is 13.8 Å².